The number of hydrogen-bond acceptors (Lipinski definition) is 0. The number of rotatable bonds is 6. The maximum atomic E-state index is 12.0. The predicted octanol–water partition coefficient (Wildman–Crippen LogP) is 5.49. The Labute approximate surface area is 102 Å². The second-order valence-corrected chi connectivity index (χ2v) is 10.3. The Morgan fingerprint density at radius 1 is 0.824 bits per heavy atom. The molecule has 0 aliphatic heterocycles. The first-order chi connectivity index (χ1) is 7.47. The molecular formula is C9H15ClF6Si. The fraction of sp³-hybridized carbons (Fsp3) is 1.00. The van der Waals surface area contributed by atoms with E-state index in [1.165, 1.54) is 0 Å². The van der Waals surface area contributed by atoms with Gasteiger partial charge in [0, 0.05) is 12.8 Å². The Morgan fingerprint density at radius 2 is 1.18 bits per heavy atom. The van der Waals surface area contributed by atoms with Gasteiger partial charge in [0.2, 0.25) is 0 Å². The summed E-state index contributed by atoms with van der Waals surface area (Å²) in [6.45, 7) is 1.71. The lowest BCUT2D eigenvalue weighted by molar-refractivity contribution is -0.131. The van der Waals surface area contributed by atoms with Gasteiger partial charge in [-0.15, -0.1) is 0 Å². The van der Waals surface area contributed by atoms with E-state index in [0.717, 1.165) is 0 Å². The van der Waals surface area contributed by atoms with Crippen LogP contribution in [0.4, 0.5) is 26.3 Å². The van der Waals surface area contributed by atoms with Crippen molar-refractivity contribution in [1.82, 2.24) is 0 Å². The van der Waals surface area contributed by atoms with Crippen molar-refractivity contribution in [3.63, 3.8) is 0 Å². The molecule has 8 heteroatoms. The molecule has 0 aromatic heterocycles. The van der Waals surface area contributed by atoms with Crippen LogP contribution in [0.5, 0.6) is 0 Å². The highest BCUT2D eigenvalue weighted by molar-refractivity contribution is 7.20. The van der Waals surface area contributed by atoms with E-state index in [-0.39, 0.29) is 12.1 Å². The first-order valence-corrected chi connectivity index (χ1v) is 8.93. The number of hydrogen-bond donors (Lipinski definition) is 0. The lowest BCUT2D eigenvalue weighted by Gasteiger charge is -2.25. The van der Waals surface area contributed by atoms with Crippen LogP contribution < -0.4 is 0 Å². The van der Waals surface area contributed by atoms with Crippen LogP contribution in [0.1, 0.15) is 26.2 Å². The third-order valence-electron chi connectivity index (χ3n) is 2.41. The Morgan fingerprint density at radius 3 is 1.41 bits per heavy atom. The number of alkyl halides is 6. The molecule has 0 radical (unpaired) electrons. The van der Waals surface area contributed by atoms with Gasteiger partial charge in [-0.25, -0.2) is 0 Å². The normalized spacial score (nSPS) is 14.1. The van der Waals surface area contributed by atoms with E-state index in [9.17, 15) is 26.3 Å². The van der Waals surface area contributed by atoms with Crippen LogP contribution in [0.15, 0.2) is 0 Å². The van der Waals surface area contributed by atoms with E-state index in [0.29, 0.717) is 12.5 Å². The second kappa shape index (κ2) is 6.31. The zero-order chi connectivity index (χ0) is 13.7. The summed E-state index contributed by atoms with van der Waals surface area (Å²) in [5.41, 5.74) is 0. The minimum absolute atomic E-state index is 0.292. The molecule has 0 bridgehead atoms. The van der Waals surface area contributed by atoms with Crippen LogP contribution in [0.25, 0.3) is 0 Å². The van der Waals surface area contributed by atoms with Gasteiger partial charge in [-0.3, -0.25) is 0 Å². The third-order valence-corrected chi connectivity index (χ3v) is 7.80. The van der Waals surface area contributed by atoms with Crippen LogP contribution >= 0.6 is 11.1 Å². The topological polar surface area (TPSA) is 0 Å². The molecule has 0 N–H and O–H groups in total. The highest BCUT2D eigenvalue weighted by Gasteiger charge is 2.39. The summed E-state index contributed by atoms with van der Waals surface area (Å²) < 4.78 is 72.3. The minimum atomic E-state index is -4.35. The van der Waals surface area contributed by atoms with Gasteiger partial charge in [-0.1, -0.05) is 13.3 Å². The molecule has 0 atom stereocenters. The zero-order valence-electron chi connectivity index (χ0n) is 9.39. The maximum Gasteiger partial charge on any atom is 0.388 e. The molecule has 0 saturated carbocycles. The highest BCUT2D eigenvalue weighted by atomic mass is 35.6. The lowest BCUT2D eigenvalue weighted by Crippen LogP contribution is -2.30. The Kier molecular flexibility index (Phi) is 6.34. The summed E-state index contributed by atoms with van der Waals surface area (Å²) >= 11 is 5.99. The van der Waals surface area contributed by atoms with Crippen molar-refractivity contribution >= 4 is 18.5 Å². The standard InChI is InChI=1S/C9H15ClF6Si/c1-2-5-17(10,6-3-8(11,12)13)7-4-9(14,15)16/h2-7H2,1H3. The lowest BCUT2D eigenvalue weighted by atomic mass is 10.5. The van der Waals surface area contributed by atoms with Crippen LogP contribution in [0.2, 0.25) is 18.1 Å². The SMILES string of the molecule is CCC[Si](Cl)(CCC(F)(F)F)CCC(F)(F)F. The van der Waals surface area contributed by atoms with Crippen LogP contribution in [-0.2, 0) is 0 Å². The molecule has 0 saturated heterocycles. The molecule has 0 aliphatic carbocycles. The average molecular weight is 301 g/mol. The van der Waals surface area contributed by atoms with E-state index >= 15 is 0 Å². The van der Waals surface area contributed by atoms with Crippen molar-refractivity contribution in [2.75, 3.05) is 0 Å². The minimum Gasteiger partial charge on any atom is -0.171 e. The van der Waals surface area contributed by atoms with Crippen LogP contribution in [0, 0.1) is 0 Å². The van der Waals surface area contributed by atoms with E-state index in [2.05, 4.69) is 0 Å². The zero-order valence-corrected chi connectivity index (χ0v) is 11.1. The first-order valence-electron chi connectivity index (χ1n) is 5.30. The van der Waals surface area contributed by atoms with Gasteiger partial charge in [0.1, 0.15) is 0 Å². The first kappa shape index (κ1) is 17.1. The quantitative estimate of drug-likeness (QED) is 0.346. The van der Waals surface area contributed by atoms with Crippen molar-refractivity contribution in [3.8, 4) is 0 Å². The molecule has 0 fully saturated rings. The van der Waals surface area contributed by atoms with Gasteiger partial charge in [0.25, 0.3) is 0 Å². The van der Waals surface area contributed by atoms with E-state index in [1.807, 2.05) is 0 Å². The monoisotopic (exact) mass is 300 g/mol. The molecule has 0 spiro atoms. The van der Waals surface area contributed by atoms with Gasteiger partial charge in [-0.2, -0.15) is 37.4 Å². The van der Waals surface area contributed by atoms with E-state index < -0.39 is 32.6 Å². The highest BCUT2D eigenvalue weighted by Crippen LogP contribution is 2.37. The molecule has 0 aromatic carbocycles. The van der Waals surface area contributed by atoms with Crippen LogP contribution in [0.3, 0.4) is 0 Å². The van der Waals surface area contributed by atoms with Crippen LogP contribution in [-0.4, -0.2) is 19.7 Å². The van der Waals surface area contributed by atoms with Crippen molar-refractivity contribution in [2.24, 2.45) is 0 Å². The molecule has 0 rings (SSSR count). The van der Waals surface area contributed by atoms with Gasteiger partial charge >= 0.3 is 12.4 Å². The van der Waals surface area contributed by atoms with Gasteiger partial charge in [0.05, 0.1) is 0 Å². The molecule has 0 nitrogen and oxygen atoms in total. The van der Waals surface area contributed by atoms with Gasteiger partial charge < -0.3 is 0 Å². The summed E-state index contributed by atoms with van der Waals surface area (Å²) in [4.78, 5) is 0. The summed E-state index contributed by atoms with van der Waals surface area (Å²) in [5.74, 6) is 0. The summed E-state index contributed by atoms with van der Waals surface area (Å²) in [7, 11) is -2.94. The smallest absolute Gasteiger partial charge is 0.171 e. The maximum absolute atomic E-state index is 12.0. The summed E-state index contributed by atoms with van der Waals surface area (Å²) in [5, 5.41) is 0. The fourth-order valence-corrected chi connectivity index (χ4v) is 5.80. The van der Waals surface area contributed by atoms with Gasteiger partial charge in [0.15, 0.2) is 7.38 Å². The molecule has 0 amide bonds. The van der Waals surface area contributed by atoms with E-state index in [1.54, 1.807) is 6.92 Å². The third kappa shape index (κ3) is 9.76. The van der Waals surface area contributed by atoms with Crippen molar-refractivity contribution in [2.45, 2.75) is 56.7 Å². The Bertz CT molecular complexity index is 207. The summed E-state index contributed by atoms with van der Waals surface area (Å²) in [6, 6.07) is -0.370. The summed E-state index contributed by atoms with van der Waals surface area (Å²) in [6.07, 6.45) is -10.3. The Hall–Kier alpha value is 0.0869. The molecule has 0 aromatic rings. The molecule has 17 heavy (non-hydrogen) atoms. The molecule has 0 aliphatic rings. The predicted molar refractivity (Wildman–Crippen MR) is 57.7 cm³/mol. The van der Waals surface area contributed by atoms with Gasteiger partial charge in [-0.05, 0) is 18.1 Å². The average Bonchev–Trinajstić information content (AvgIpc) is 2.11. The van der Waals surface area contributed by atoms with Crippen molar-refractivity contribution in [1.29, 1.82) is 0 Å². The molecule has 0 heterocycles. The Balaban J connectivity index is 4.35. The van der Waals surface area contributed by atoms with Crippen molar-refractivity contribution < 1.29 is 26.3 Å². The largest absolute Gasteiger partial charge is 0.388 e. The van der Waals surface area contributed by atoms with Crippen molar-refractivity contribution in [3.05, 3.63) is 0 Å². The van der Waals surface area contributed by atoms with E-state index in [4.69, 9.17) is 11.1 Å². The second-order valence-electron chi connectivity index (χ2n) is 4.13. The number of halogens is 7. The fourth-order valence-electron chi connectivity index (χ4n) is 1.55. The molecule has 104 valence electrons. The molecule has 0 unspecified atom stereocenters. The molecular weight excluding hydrogens is 286 g/mol.